The van der Waals surface area contributed by atoms with Gasteiger partial charge in [0.25, 0.3) is 5.56 Å². The summed E-state index contributed by atoms with van der Waals surface area (Å²) in [5.41, 5.74) is 0.0926. The molecule has 1 N–H and O–H groups in total. The summed E-state index contributed by atoms with van der Waals surface area (Å²) in [6.07, 6.45) is 2.88. The molecule has 0 aromatic carbocycles. The minimum atomic E-state index is -0.422. The molecule has 2 aromatic rings. The number of H-pyrrole nitrogens is 1. The lowest BCUT2D eigenvalue weighted by Crippen LogP contribution is -2.10. The predicted octanol–water partition coefficient (Wildman–Crippen LogP) is 0.190. The van der Waals surface area contributed by atoms with Gasteiger partial charge in [-0.05, 0) is 6.07 Å². The highest BCUT2D eigenvalue weighted by atomic mass is 16.1. The fourth-order valence-corrected chi connectivity index (χ4v) is 1.03. The van der Waals surface area contributed by atoms with Crippen molar-refractivity contribution in [2.24, 2.45) is 0 Å². The van der Waals surface area contributed by atoms with Crippen LogP contribution in [0.15, 0.2) is 23.4 Å². The van der Waals surface area contributed by atoms with Gasteiger partial charge in [-0.3, -0.25) is 4.79 Å². The maximum absolute atomic E-state index is 11.1. The molecule has 0 saturated carbocycles. The molecule has 0 aliphatic heterocycles. The molecule has 0 atom stereocenters. The number of aromatic nitrogens is 3. The van der Waals surface area contributed by atoms with Gasteiger partial charge in [0, 0.05) is 11.6 Å². The Kier molecular flexibility index (Phi) is 1.53. The number of hydrogen-bond acceptors (Lipinski definition) is 4. The Morgan fingerprint density at radius 3 is 3.15 bits per heavy atom. The fraction of sp³-hybridized carbons (Fsp3) is 0. The van der Waals surface area contributed by atoms with E-state index in [0.29, 0.717) is 11.0 Å². The normalized spacial score (nSPS) is 9.77. The summed E-state index contributed by atoms with van der Waals surface area (Å²) >= 11 is 0. The molecule has 62 valence electrons. The van der Waals surface area contributed by atoms with Crippen LogP contribution < -0.4 is 5.56 Å². The number of rotatable bonds is 0. The van der Waals surface area contributed by atoms with Crippen LogP contribution in [0.5, 0.6) is 0 Å². The monoisotopic (exact) mass is 172 g/mol. The van der Waals surface area contributed by atoms with Crippen molar-refractivity contribution in [3.8, 4) is 6.07 Å². The highest BCUT2D eigenvalue weighted by Gasteiger charge is 2.01. The lowest BCUT2D eigenvalue weighted by Gasteiger charge is -1.94. The third-order valence-corrected chi connectivity index (χ3v) is 1.64. The van der Waals surface area contributed by atoms with Gasteiger partial charge < -0.3 is 4.98 Å². The topological polar surface area (TPSA) is 82.4 Å². The molecule has 0 amide bonds. The Bertz CT molecular complexity index is 552. The van der Waals surface area contributed by atoms with E-state index in [1.807, 2.05) is 0 Å². The first-order valence-corrected chi connectivity index (χ1v) is 3.54. The first-order chi connectivity index (χ1) is 6.31. The third-order valence-electron chi connectivity index (χ3n) is 1.64. The van der Waals surface area contributed by atoms with E-state index in [4.69, 9.17) is 5.26 Å². The Morgan fingerprint density at radius 1 is 1.54 bits per heavy atom. The first kappa shape index (κ1) is 7.43. The van der Waals surface area contributed by atoms with Gasteiger partial charge in [0.2, 0.25) is 0 Å². The van der Waals surface area contributed by atoms with Gasteiger partial charge in [0.05, 0.1) is 0 Å². The highest BCUT2D eigenvalue weighted by Crippen LogP contribution is 2.04. The summed E-state index contributed by atoms with van der Waals surface area (Å²) in [6.45, 7) is 0. The lowest BCUT2D eigenvalue weighted by molar-refractivity contribution is 1.15. The van der Waals surface area contributed by atoms with Crippen molar-refractivity contribution in [1.29, 1.82) is 5.26 Å². The van der Waals surface area contributed by atoms with Crippen LogP contribution in [0.4, 0.5) is 0 Å². The average Bonchev–Trinajstić information content (AvgIpc) is 2.17. The van der Waals surface area contributed by atoms with Crippen LogP contribution in [0.2, 0.25) is 0 Å². The molecule has 0 bridgehead atoms. The number of fused-ring (bicyclic) bond motifs is 1. The molecule has 5 heteroatoms. The Morgan fingerprint density at radius 2 is 2.38 bits per heavy atom. The third kappa shape index (κ3) is 1.14. The molecule has 0 radical (unpaired) electrons. The van der Waals surface area contributed by atoms with Gasteiger partial charge in [-0.25, -0.2) is 9.97 Å². The molecule has 2 rings (SSSR count). The standard InChI is InChI=1S/C8H4N4O/c9-2-5-1-6-3-10-4-11-7(6)12-8(5)13/h1,3-4H,(H,10,11,12,13). The molecule has 2 heterocycles. The number of nitrogens with zero attached hydrogens (tertiary/aromatic N) is 3. The molecule has 2 aromatic heterocycles. The smallest absolute Gasteiger partial charge is 0.267 e. The molecule has 0 unspecified atom stereocenters. The maximum Gasteiger partial charge on any atom is 0.267 e. The summed E-state index contributed by atoms with van der Waals surface area (Å²) in [5.74, 6) is 0. The van der Waals surface area contributed by atoms with Crippen LogP contribution >= 0.6 is 0 Å². The Hall–Kier alpha value is -2.22. The summed E-state index contributed by atoms with van der Waals surface area (Å²) in [4.78, 5) is 21.2. The van der Waals surface area contributed by atoms with Gasteiger partial charge in [0.15, 0.2) is 0 Å². The molecule has 13 heavy (non-hydrogen) atoms. The van der Waals surface area contributed by atoms with Crippen LogP contribution in [0.1, 0.15) is 5.56 Å². The summed E-state index contributed by atoms with van der Waals surface area (Å²) in [5, 5.41) is 9.22. The zero-order valence-corrected chi connectivity index (χ0v) is 6.48. The molecular formula is C8H4N4O. The van der Waals surface area contributed by atoms with E-state index in [2.05, 4.69) is 15.0 Å². The average molecular weight is 172 g/mol. The fourth-order valence-electron chi connectivity index (χ4n) is 1.03. The summed E-state index contributed by atoms with van der Waals surface area (Å²) in [6, 6.07) is 3.25. The van der Waals surface area contributed by atoms with Crippen molar-refractivity contribution >= 4 is 11.0 Å². The zero-order valence-electron chi connectivity index (χ0n) is 6.48. The van der Waals surface area contributed by atoms with Gasteiger partial charge in [-0.15, -0.1) is 0 Å². The van der Waals surface area contributed by atoms with E-state index in [1.54, 1.807) is 12.3 Å². The number of nitriles is 1. The van der Waals surface area contributed by atoms with Crippen molar-refractivity contribution in [3.63, 3.8) is 0 Å². The zero-order chi connectivity index (χ0) is 9.26. The van der Waals surface area contributed by atoms with Gasteiger partial charge >= 0.3 is 0 Å². The SMILES string of the molecule is N#Cc1cc2cncnc2[nH]c1=O. The van der Waals surface area contributed by atoms with Crippen molar-refractivity contribution in [2.45, 2.75) is 0 Å². The first-order valence-electron chi connectivity index (χ1n) is 3.54. The molecule has 0 fully saturated rings. The van der Waals surface area contributed by atoms with E-state index < -0.39 is 5.56 Å². The van der Waals surface area contributed by atoms with Crippen LogP contribution in [-0.4, -0.2) is 15.0 Å². The van der Waals surface area contributed by atoms with Gasteiger partial charge in [0.1, 0.15) is 23.6 Å². The summed E-state index contributed by atoms with van der Waals surface area (Å²) in [7, 11) is 0. The molecule has 5 nitrogen and oxygen atoms in total. The van der Waals surface area contributed by atoms with Crippen molar-refractivity contribution in [1.82, 2.24) is 15.0 Å². The molecular weight excluding hydrogens is 168 g/mol. The summed E-state index contributed by atoms with van der Waals surface area (Å²) < 4.78 is 0. The molecule has 0 aliphatic rings. The van der Waals surface area contributed by atoms with Crippen LogP contribution in [-0.2, 0) is 0 Å². The van der Waals surface area contributed by atoms with Crippen LogP contribution in [0, 0.1) is 11.3 Å². The van der Waals surface area contributed by atoms with E-state index in [1.165, 1.54) is 12.4 Å². The number of aromatic amines is 1. The maximum atomic E-state index is 11.1. The van der Waals surface area contributed by atoms with E-state index >= 15 is 0 Å². The highest BCUT2D eigenvalue weighted by molar-refractivity contribution is 5.74. The largest absolute Gasteiger partial charge is 0.305 e. The molecule has 0 spiro atoms. The minimum Gasteiger partial charge on any atom is -0.305 e. The number of nitrogens with one attached hydrogen (secondary N) is 1. The van der Waals surface area contributed by atoms with Gasteiger partial charge in [-0.1, -0.05) is 0 Å². The number of hydrogen-bond donors (Lipinski definition) is 1. The second-order valence-electron chi connectivity index (χ2n) is 2.45. The van der Waals surface area contributed by atoms with Crippen molar-refractivity contribution < 1.29 is 0 Å². The van der Waals surface area contributed by atoms with Crippen molar-refractivity contribution in [3.05, 3.63) is 34.5 Å². The van der Waals surface area contributed by atoms with E-state index in [0.717, 1.165) is 0 Å². The molecule has 0 saturated heterocycles. The molecule has 0 aliphatic carbocycles. The second-order valence-corrected chi connectivity index (χ2v) is 2.45. The van der Waals surface area contributed by atoms with Crippen LogP contribution in [0.3, 0.4) is 0 Å². The second kappa shape index (κ2) is 2.68. The Balaban J connectivity index is 2.91. The van der Waals surface area contributed by atoms with E-state index in [9.17, 15) is 4.79 Å². The lowest BCUT2D eigenvalue weighted by atomic mass is 10.2. The van der Waals surface area contributed by atoms with Gasteiger partial charge in [-0.2, -0.15) is 5.26 Å². The Labute approximate surface area is 72.7 Å². The van der Waals surface area contributed by atoms with E-state index in [-0.39, 0.29) is 5.56 Å². The predicted molar refractivity (Wildman–Crippen MR) is 44.9 cm³/mol. The quantitative estimate of drug-likeness (QED) is 0.614. The minimum absolute atomic E-state index is 0.0716. The number of pyridine rings is 1. The van der Waals surface area contributed by atoms with Crippen LogP contribution in [0.25, 0.3) is 11.0 Å². The van der Waals surface area contributed by atoms with Crippen molar-refractivity contribution in [2.75, 3.05) is 0 Å².